The average Bonchev–Trinajstić information content (AvgIpc) is 2.86. The van der Waals surface area contributed by atoms with Crippen LogP contribution in [0.5, 0.6) is 0 Å². The van der Waals surface area contributed by atoms with E-state index in [2.05, 4.69) is 15.2 Å². The van der Waals surface area contributed by atoms with Gasteiger partial charge in [-0.25, -0.2) is 4.98 Å². The number of nitrogens with zero attached hydrogens (tertiary/aromatic N) is 3. The molecule has 1 saturated heterocycles. The molecule has 1 N–H and O–H groups in total. The van der Waals surface area contributed by atoms with Gasteiger partial charge < -0.3 is 15.1 Å². The highest BCUT2D eigenvalue weighted by molar-refractivity contribution is 5.97. The number of piperazine rings is 1. The van der Waals surface area contributed by atoms with Gasteiger partial charge in [0.15, 0.2) is 0 Å². The van der Waals surface area contributed by atoms with E-state index in [0.717, 1.165) is 22.5 Å². The standard InChI is InChI=1S/C27H30N4O2/c1-20-11-12-23(18-21(20)2)26(32)29-24(19-22-8-4-3-5-9-22)27(33)31-16-14-30(15-17-31)25-10-6-7-13-28-25/h3-13,18,24H,14-17,19H2,1-2H3,(H,29,32)/t24-/m0/s1. The van der Waals surface area contributed by atoms with Crippen molar-refractivity contribution < 1.29 is 9.59 Å². The topological polar surface area (TPSA) is 65.5 Å². The molecule has 0 bridgehead atoms. The molecule has 0 spiro atoms. The monoisotopic (exact) mass is 442 g/mol. The number of aromatic nitrogens is 1. The molecule has 0 saturated carbocycles. The Morgan fingerprint density at radius 2 is 1.64 bits per heavy atom. The summed E-state index contributed by atoms with van der Waals surface area (Å²) in [5.41, 5.74) is 3.78. The molecular formula is C27H30N4O2. The molecule has 6 nitrogen and oxygen atoms in total. The zero-order chi connectivity index (χ0) is 23.2. The number of aryl methyl sites for hydroxylation is 2. The normalized spacial score (nSPS) is 14.6. The van der Waals surface area contributed by atoms with Crippen molar-refractivity contribution in [2.24, 2.45) is 0 Å². The zero-order valence-electron chi connectivity index (χ0n) is 19.2. The van der Waals surface area contributed by atoms with Gasteiger partial charge in [0, 0.05) is 44.4 Å². The van der Waals surface area contributed by atoms with E-state index in [4.69, 9.17) is 0 Å². The summed E-state index contributed by atoms with van der Waals surface area (Å²) in [6.07, 6.45) is 2.24. The number of anilines is 1. The molecule has 0 aliphatic carbocycles. The van der Waals surface area contributed by atoms with Crippen LogP contribution in [0.3, 0.4) is 0 Å². The lowest BCUT2D eigenvalue weighted by molar-refractivity contribution is -0.133. The number of carbonyl (C=O) groups is 2. The van der Waals surface area contributed by atoms with Crippen LogP contribution in [0.15, 0.2) is 72.9 Å². The minimum absolute atomic E-state index is 0.0447. The third-order valence-electron chi connectivity index (χ3n) is 6.22. The van der Waals surface area contributed by atoms with Crippen molar-refractivity contribution in [3.8, 4) is 0 Å². The third-order valence-corrected chi connectivity index (χ3v) is 6.22. The van der Waals surface area contributed by atoms with Crippen LogP contribution in [0.2, 0.25) is 0 Å². The van der Waals surface area contributed by atoms with Crippen molar-refractivity contribution in [2.45, 2.75) is 26.3 Å². The molecule has 2 heterocycles. The number of nitrogens with one attached hydrogen (secondary N) is 1. The largest absolute Gasteiger partial charge is 0.353 e. The molecule has 4 rings (SSSR count). The lowest BCUT2D eigenvalue weighted by Crippen LogP contribution is -2.55. The Balaban J connectivity index is 1.47. The first-order chi connectivity index (χ1) is 16.0. The van der Waals surface area contributed by atoms with Crippen molar-refractivity contribution in [3.05, 3.63) is 95.2 Å². The molecule has 33 heavy (non-hydrogen) atoms. The molecule has 6 heteroatoms. The molecular weight excluding hydrogens is 412 g/mol. The fourth-order valence-electron chi connectivity index (χ4n) is 4.09. The number of pyridine rings is 1. The molecule has 0 radical (unpaired) electrons. The van der Waals surface area contributed by atoms with E-state index in [0.29, 0.717) is 38.2 Å². The first-order valence-corrected chi connectivity index (χ1v) is 11.4. The predicted octanol–water partition coefficient (Wildman–Crippen LogP) is 3.39. The molecule has 1 aromatic heterocycles. The molecule has 2 aromatic carbocycles. The first-order valence-electron chi connectivity index (χ1n) is 11.4. The van der Waals surface area contributed by atoms with Crippen LogP contribution < -0.4 is 10.2 Å². The van der Waals surface area contributed by atoms with Crippen LogP contribution >= 0.6 is 0 Å². The molecule has 3 aromatic rings. The quantitative estimate of drug-likeness (QED) is 0.636. The Hall–Kier alpha value is -3.67. The number of benzene rings is 2. The molecule has 1 aliphatic rings. The van der Waals surface area contributed by atoms with Gasteiger partial charge in [0.1, 0.15) is 11.9 Å². The van der Waals surface area contributed by atoms with Crippen LogP contribution in [0, 0.1) is 13.8 Å². The van der Waals surface area contributed by atoms with Crippen molar-refractivity contribution in [2.75, 3.05) is 31.1 Å². The second-order valence-electron chi connectivity index (χ2n) is 8.52. The summed E-state index contributed by atoms with van der Waals surface area (Å²) in [6.45, 7) is 6.63. The van der Waals surface area contributed by atoms with Gasteiger partial charge in [0.2, 0.25) is 5.91 Å². The van der Waals surface area contributed by atoms with Crippen molar-refractivity contribution in [3.63, 3.8) is 0 Å². The lowest BCUT2D eigenvalue weighted by atomic mass is 10.0. The third kappa shape index (κ3) is 5.58. The molecule has 2 amide bonds. The highest BCUT2D eigenvalue weighted by Crippen LogP contribution is 2.15. The second kappa shape index (κ2) is 10.3. The van der Waals surface area contributed by atoms with Crippen LogP contribution in [-0.2, 0) is 11.2 Å². The molecule has 1 fully saturated rings. The van der Waals surface area contributed by atoms with Crippen LogP contribution in [0.1, 0.15) is 27.0 Å². The second-order valence-corrected chi connectivity index (χ2v) is 8.52. The lowest BCUT2D eigenvalue weighted by Gasteiger charge is -2.37. The highest BCUT2D eigenvalue weighted by atomic mass is 16.2. The van der Waals surface area contributed by atoms with Crippen molar-refractivity contribution in [1.82, 2.24) is 15.2 Å². The summed E-state index contributed by atoms with van der Waals surface area (Å²) in [4.78, 5) is 35.0. The maximum atomic E-state index is 13.5. The maximum absolute atomic E-state index is 13.5. The van der Waals surface area contributed by atoms with Gasteiger partial charge in [0.25, 0.3) is 5.91 Å². The van der Waals surface area contributed by atoms with E-state index in [1.807, 2.05) is 85.5 Å². The van der Waals surface area contributed by atoms with Crippen LogP contribution in [-0.4, -0.2) is 53.9 Å². The minimum atomic E-state index is -0.622. The van der Waals surface area contributed by atoms with E-state index in [1.54, 1.807) is 6.20 Å². The fourth-order valence-corrected chi connectivity index (χ4v) is 4.09. The SMILES string of the molecule is Cc1ccc(C(=O)N[C@@H](Cc2ccccc2)C(=O)N2CCN(c3ccccn3)CC2)cc1C. The number of hydrogen-bond donors (Lipinski definition) is 1. The maximum Gasteiger partial charge on any atom is 0.251 e. The molecule has 1 aliphatic heterocycles. The van der Waals surface area contributed by atoms with Gasteiger partial charge in [0.05, 0.1) is 0 Å². The van der Waals surface area contributed by atoms with E-state index in [9.17, 15) is 9.59 Å². The van der Waals surface area contributed by atoms with E-state index in [-0.39, 0.29) is 11.8 Å². The Morgan fingerprint density at radius 1 is 0.909 bits per heavy atom. The molecule has 170 valence electrons. The summed E-state index contributed by atoms with van der Waals surface area (Å²) in [5, 5.41) is 3.01. The van der Waals surface area contributed by atoms with Gasteiger partial charge in [-0.1, -0.05) is 42.5 Å². The Labute approximate surface area is 195 Å². The van der Waals surface area contributed by atoms with Crippen LogP contribution in [0.25, 0.3) is 0 Å². The first kappa shape index (κ1) is 22.5. The van der Waals surface area contributed by atoms with Gasteiger partial charge in [-0.05, 0) is 54.8 Å². The van der Waals surface area contributed by atoms with Crippen LogP contribution in [0.4, 0.5) is 5.82 Å². The van der Waals surface area contributed by atoms with Crippen molar-refractivity contribution in [1.29, 1.82) is 0 Å². The van der Waals surface area contributed by atoms with Gasteiger partial charge >= 0.3 is 0 Å². The fraction of sp³-hybridized carbons (Fsp3) is 0.296. The zero-order valence-corrected chi connectivity index (χ0v) is 19.2. The Morgan fingerprint density at radius 3 is 2.30 bits per heavy atom. The summed E-state index contributed by atoms with van der Waals surface area (Å²) < 4.78 is 0. The van der Waals surface area contributed by atoms with E-state index >= 15 is 0 Å². The van der Waals surface area contributed by atoms with E-state index in [1.165, 1.54) is 0 Å². The minimum Gasteiger partial charge on any atom is -0.353 e. The number of hydrogen-bond acceptors (Lipinski definition) is 4. The predicted molar refractivity (Wildman–Crippen MR) is 130 cm³/mol. The van der Waals surface area contributed by atoms with Crippen molar-refractivity contribution >= 4 is 17.6 Å². The average molecular weight is 443 g/mol. The van der Waals surface area contributed by atoms with Gasteiger partial charge in [-0.2, -0.15) is 0 Å². The number of amides is 2. The molecule has 1 atom stereocenters. The summed E-state index contributed by atoms with van der Waals surface area (Å²) >= 11 is 0. The van der Waals surface area contributed by atoms with Gasteiger partial charge in [-0.3, -0.25) is 9.59 Å². The molecule has 0 unspecified atom stereocenters. The number of rotatable bonds is 6. The Bertz CT molecular complexity index is 1090. The number of carbonyl (C=O) groups excluding carboxylic acids is 2. The summed E-state index contributed by atoms with van der Waals surface area (Å²) in [7, 11) is 0. The summed E-state index contributed by atoms with van der Waals surface area (Å²) in [6, 6.07) is 20.7. The summed E-state index contributed by atoms with van der Waals surface area (Å²) in [5.74, 6) is 0.657. The van der Waals surface area contributed by atoms with E-state index < -0.39 is 6.04 Å². The van der Waals surface area contributed by atoms with Gasteiger partial charge in [-0.15, -0.1) is 0 Å². The Kier molecular flexibility index (Phi) is 7.03. The highest BCUT2D eigenvalue weighted by Gasteiger charge is 2.29. The smallest absolute Gasteiger partial charge is 0.251 e.